The van der Waals surface area contributed by atoms with E-state index in [0.717, 1.165) is 0 Å². The van der Waals surface area contributed by atoms with E-state index in [1.54, 1.807) is 0 Å². The lowest BCUT2D eigenvalue weighted by molar-refractivity contribution is 0.0712. The van der Waals surface area contributed by atoms with Crippen molar-refractivity contribution < 1.29 is 31.5 Å². The number of carbonyl (C=O) groups is 1. The van der Waals surface area contributed by atoms with Gasteiger partial charge >= 0.3 is 5.97 Å². The molecule has 0 spiro atoms. The smallest absolute Gasteiger partial charge is 0.345 e. The Morgan fingerprint density at radius 1 is 0.957 bits per heavy atom. The molecule has 0 aliphatic heterocycles. The van der Waals surface area contributed by atoms with Crippen molar-refractivity contribution in [1.82, 2.24) is 0 Å². The molecule has 0 amide bonds. The number of anilines is 1. The highest BCUT2D eigenvalue weighted by Gasteiger charge is 2.29. The molecule has 2 aromatic rings. The Kier molecular flexibility index (Phi) is 4.76. The van der Waals surface area contributed by atoms with Gasteiger partial charge in [0, 0.05) is 5.69 Å². The Balaban J connectivity index is 2.49. The summed E-state index contributed by atoms with van der Waals surface area (Å²) in [6, 6.07) is 3.88. The minimum Gasteiger partial charge on any atom is -0.416 e. The number of rotatable bonds is 3. The van der Waals surface area contributed by atoms with Crippen LogP contribution in [0.25, 0.3) is 0 Å². The number of benzene rings is 2. The quantitative estimate of drug-likeness (QED) is 0.169. The van der Waals surface area contributed by atoms with Crippen LogP contribution in [0.1, 0.15) is 10.4 Å². The average molecular weight is 350 g/mol. The second-order valence-corrected chi connectivity index (χ2v) is 4.77. The Morgan fingerprint density at radius 3 is 2.00 bits per heavy atom. The van der Waals surface area contributed by atoms with Crippen molar-refractivity contribution in [3.05, 3.63) is 52.8 Å². The molecule has 0 bridgehead atoms. The summed E-state index contributed by atoms with van der Waals surface area (Å²) in [7, 11) is 0. The Hall–Kier alpha value is -2.33. The molecule has 0 heterocycles. The molecule has 0 saturated carbocycles. The van der Waals surface area contributed by atoms with E-state index < -0.39 is 40.8 Å². The molecule has 4 nitrogen and oxygen atoms in total. The highest BCUT2D eigenvalue weighted by atomic mass is 32.2. The summed E-state index contributed by atoms with van der Waals surface area (Å²) in [6.07, 6.45) is 0. The summed E-state index contributed by atoms with van der Waals surface area (Å²) >= 11 is 0.557. The van der Waals surface area contributed by atoms with Crippen LogP contribution in [0.2, 0.25) is 0 Å². The lowest BCUT2D eigenvalue weighted by atomic mass is 10.2. The van der Waals surface area contributed by atoms with Crippen LogP contribution in [0, 0.1) is 29.1 Å². The van der Waals surface area contributed by atoms with Gasteiger partial charge in [-0.3, -0.25) is 5.14 Å². The minimum atomic E-state index is -2.36. The third-order valence-electron chi connectivity index (χ3n) is 2.75. The number of halogens is 5. The van der Waals surface area contributed by atoms with Crippen LogP contribution in [0.3, 0.4) is 0 Å². The first-order valence-electron chi connectivity index (χ1n) is 5.78. The van der Waals surface area contributed by atoms with Gasteiger partial charge in [-0.15, -0.1) is 0 Å². The molecule has 0 fully saturated rings. The fraction of sp³-hybridized carbons (Fsp3) is 0. The van der Waals surface area contributed by atoms with E-state index in [1.165, 1.54) is 18.2 Å². The third kappa shape index (κ3) is 2.94. The molecule has 0 atom stereocenters. The lowest BCUT2D eigenvalue weighted by Crippen LogP contribution is -2.15. The second-order valence-electron chi connectivity index (χ2n) is 4.13. The van der Waals surface area contributed by atoms with Gasteiger partial charge in [-0.25, -0.2) is 18.0 Å². The molecular weight excluding hydrogens is 343 g/mol. The summed E-state index contributed by atoms with van der Waals surface area (Å²) in [5, 5.41) is 5.32. The maximum Gasteiger partial charge on any atom is 0.345 e. The Bertz CT molecular complexity index is 771. The van der Waals surface area contributed by atoms with E-state index in [-0.39, 0.29) is 16.1 Å². The van der Waals surface area contributed by atoms with Crippen LogP contribution < -0.4 is 15.6 Å². The van der Waals surface area contributed by atoms with Crippen LogP contribution in [-0.4, -0.2) is 5.97 Å². The van der Waals surface area contributed by atoms with Gasteiger partial charge in [-0.2, -0.15) is 8.78 Å². The third-order valence-corrected chi connectivity index (χ3v) is 3.44. The number of ether oxygens (including phenoxy) is 1. The maximum absolute atomic E-state index is 13.5. The Morgan fingerprint density at radius 2 is 1.48 bits per heavy atom. The highest BCUT2D eigenvalue weighted by molar-refractivity contribution is 7.97. The van der Waals surface area contributed by atoms with E-state index in [1.807, 2.05) is 0 Å². The largest absolute Gasteiger partial charge is 0.416 e. The van der Waals surface area contributed by atoms with Gasteiger partial charge in [-0.1, -0.05) is 6.07 Å². The van der Waals surface area contributed by atoms with Gasteiger partial charge in [0.1, 0.15) is 0 Å². The first-order chi connectivity index (χ1) is 10.8. The van der Waals surface area contributed by atoms with Gasteiger partial charge in [-0.05, 0) is 24.1 Å². The van der Waals surface area contributed by atoms with Crippen LogP contribution >= 0.6 is 11.9 Å². The number of hydrogen-bond acceptors (Lipinski definition) is 5. The predicted molar refractivity (Wildman–Crippen MR) is 72.1 cm³/mol. The molecule has 4 N–H and O–H groups in total. The summed E-state index contributed by atoms with van der Waals surface area (Å²) in [5.74, 6) is -14.4. The summed E-state index contributed by atoms with van der Waals surface area (Å²) in [4.78, 5) is 12.0. The number of nitrogens with two attached hydrogens (primary N) is 2. The summed E-state index contributed by atoms with van der Waals surface area (Å²) in [5.41, 5.74) is 5.35. The van der Waals surface area contributed by atoms with Crippen molar-refractivity contribution in [2.45, 2.75) is 4.90 Å². The van der Waals surface area contributed by atoms with Gasteiger partial charge in [0.15, 0.2) is 0 Å². The molecule has 2 rings (SSSR count). The number of nitrogen functional groups attached to an aromatic ring is 1. The fourth-order valence-electron chi connectivity index (χ4n) is 1.67. The van der Waals surface area contributed by atoms with Crippen LogP contribution in [0.4, 0.5) is 27.6 Å². The van der Waals surface area contributed by atoms with Crippen LogP contribution in [0.15, 0.2) is 23.1 Å². The first kappa shape index (κ1) is 17.0. The van der Waals surface area contributed by atoms with E-state index in [9.17, 15) is 26.7 Å². The van der Waals surface area contributed by atoms with Crippen molar-refractivity contribution in [3.8, 4) is 5.75 Å². The van der Waals surface area contributed by atoms with Gasteiger partial charge < -0.3 is 10.5 Å². The van der Waals surface area contributed by atoms with E-state index in [4.69, 9.17) is 10.9 Å². The van der Waals surface area contributed by atoms with E-state index >= 15 is 0 Å². The molecule has 0 aromatic heterocycles. The van der Waals surface area contributed by atoms with Gasteiger partial charge in [0.25, 0.3) is 0 Å². The molecule has 0 radical (unpaired) electrons. The zero-order chi connectivity index (χ0) is 17.3. The zero-order valence-corrected chi connectivity index (χ0v) is 11.8. The highest BCUT2D eigenvalue weighted by Crippen LogP contribution is 2.31. The summed E-state index contributed by atoms with van der Waals surface area (Å²) < 4.78 is 70.4. The van der Waals surface area contributed by atoms with Crippen molar-refractivity contribution in [1.29, 1.82) is 0 Å². The molecule has 23 heavy (non-hydrogen) atoms. The predicted octanol–water partition coefficient (Wildman–Crippen LogP) is 3.15. The fourth-order valence-corrected chi connectivity index (χ4v) is 2.15. The van der Waals surface area contributed by atoms with Crippen LogP contribution in [-0.2, 0) is 0 Å². The van der Waals surface area contributed by atoms with E-state index in [2.05, 4.69) is 4.74 Å². The van der Waals surface area contributed by atoms with Crippen molar-refractivity contribution >= 4 is 23.6 Å². The average Bonchev–Trinajstić information content (AvgIpc) is 2.54. The van der Waals surface area contributed by atoms with Crippen molar-refractivity contribution in [2.24, 2.45) is 5.14 Å². The minimum absolute atomic E-state index is 0.0290. The molecule has 122 valence electrons. The molecule has 0 aliphatic carbocycles. The molecular formula is C13H7F5N2O2S. The topological polar surface area (TPSA) is 78.3 Å². The first-order valence-corrected chi connectivity index (χ1v) is 6.66. The van der Waals surface area contributed by atoms with Gasteiger partial charge in [0.05, 0.1) is 10.5 Å². The van der Waals surface area contributed by atoms with E-state index in [0.29, 0.717) is 11.9 Å². The molecule has 0 unspecified atom stereocenters. The lowest BCUT2D eigenvalue weighted by Gasteiger charge is -2.11. The number of hydrogen-bond donors (Lipinski definition) is 2. The number of esters is 1. The standard InChI is InChI=1S/C13H7F5N2O2S/c14-6-7(15)9(17)11(10(18)8(6)16)22-13(21)4-2-1-3-5(19)12(4)23-20/h1-3H,19-20H2. The SMILES string of the molecule is NSc1c(N)cccc1C(=O)Oc1c(F)c(F)c(F)c(F)c1F. The van der Waals surface area contributed by atoms with Crippen molar-refractivity contribution in [2.75, 3.05) is 5.73 Å². The Labute approximate surface area is 130 Å². The number of carbonyl (C=O) groups excluding carboxylic acids is 1. The monoisotopic (exact) mass is 350 g/mol. The molecule has 0 aliphatic rings. The second kappa shape index (κ2) is 6.42. The van der Waals surface area contributed by atoms with Gasteiger partial charge in [0.2, 0.25) is 34.8 Å². The molecule has 10 heteroatoms. The maximum atomic E-state index is 13.5. The summed E-state index contributed by atoms with van der Waals surface area (Å²) in [6.45, 7) is 0. The molecule has 0 saturated heterocycles. The normalized spacial score (nSPS) is 10.7. The molecule has 2 aromatic carbocycles. The zero-order valence-electron chi connectivity index (χ0n) is 11.0. The van der Waals surface area contributed by atoms with Crippen LogP contribution in [0.5, 0.6) is 5.75 Å². The van der Waals surface area contributed by atoms with Crippen molar-refractivity contribution in [3.63, 3.8) is 0 Å².